The smallest absolute Gasteiger partial charge is 0.124 e. The van der Waals surface area contributed by atoms with Crippen molar-refractivity contribution in [3.8, 4) is 5.75 Å². The van der Waals surface area contributed by atoms with Crippen LogP contribution in [0, 0.1) is 6.92 Å². The number of benzene rings is 2. The summed E-state index contributed by atoms with van der Waals surface area (Å²) in [4.78, 5) is 0. The molecule has 21 heavy (non-hydrogen) atoms. The van der Waals surface area contributed by atoms with Crippen LogP contribution in [0.3, 0.4) is 0 Å². The molecule has 112 valence electrons. The summed E-state index contributed by atoms with van der Waals surface area (Å²) in [5.74, 6) is 0.969. The molecule has 0 spiro atoms. The molecule has 0 aliphatic carbocycles. The molecule has 0 aromatic heterocycles. The zero-order chi connectivity index (χ0) is 15.2. The maximum absolute atomic E-state index is 5.87. The predicted molar refractivity (Wildman–Crippen MR) is 88.6 cm³/mol. The van der Waals surface area contributed by atoms with E-state index >= 15 is 0 Å². The molecule has 1 N–H and O–H groups in total. The highest BCUT2D eigenvalue weighted by Gasteiger charge is 2.09. The largest absolute Gasteiger partial charge is 0.491 e. The van der Waals surface area contributed by atoms with Gasteiger partial charge in [0.1, 0.15) is 5.75 Å². The third kappa shape index (κ3) is 4.33. The van der Waals surface area contributed by atoms with Gasteiger partial charge in [-0.3, -0.25) is 0 Å². The van der Waals surface area contributed by atoms with Crippen LogP contribution >= 0.6 is 0 Å². The van der Waals surface area contributed by atoms with Gasteiger partial charge in [-0.25, -0.2) is 0 Å². The molecular formula is C19H25NO. The first-order chi connectivity index (χ1) is 10.1. The van der Waals surface area contributed by atoms with Crippen LogP contribution in [0.1, 0.15) is 43.5 Å². The van der Waals surface area contributed by atoms with Crippen LogP contribution in [0.5, 0.6) is 5.75 Å². The second kappa shape index (κ2) is 7.28. The van der Waals surface area contributed by atoms with E-state index in [4.69, 9.17) is 4.74 Å². The molecule has 2 nitrogen and oxygen atoms in total. The average Bonchev–Trinajstić information content (AvgIpc) is 2.46. The third-order valence-electron chi connectivity index (χ3n) is 3.59. The SMILES string of the molecule is Cc1ccccc1[C@@H](C)NCc1ccccc1OC(C)C. The quantitative estimate of drug-likeness (QED) is 0.834. The summed E-state index contributed by atoms with van der Waals surface area (Å²) in [6, 6.07) is 17.1. The maximum atomic E-state index is 5.87. The monoisotopic (exact) mass is 283 g/mol. The van der Waals surface area contributed by atoms with Crippen LogP contribution in [0.4, 0.5) is 0 Å². The Morgan fingerprint density at radius 3 is 2.33 bits per heavy atom. The summed E-state index contributed by atoms with van der Waals surface area (Å²) in [6.45, 7) is 9.27. The van der Waals surface area contributed by atoms with Crippen molar-refractivity contribution < 1.29 is 4.74 Å². The summed E-state index contributed by atoms with van der Waals surface area (Å²) in [5.41, 5.74) is 3.87. The van der Waals surface area contributed by atoms with Crippen LogP contribution in [0.2, 0.25) is 0 Å². The van der Waals surface area contributed by atoms with Gasteiger partial charge in [0.05, 0.1) is 6.10 Å². The van der Waals surface area contributed by atoms with Gasteiger partial charge < -0.3 is 10.1 Å². The summed E-state index contributed by atoms with van der Waals surface area (Å²) in [7, 11) is 0. The molecule has 2 aromatic rings. The second-order valence-corrected chi connectivity index (χ2v) is 5.73. The van der Waals surface area contributed by atoms with Gasteiger partial charge in [-0.15, -0.1) is 0 Å². The van der Waals surface area contributed by atoms with Gasteiger partial charge in [-0.2, -0.15) is 0 Å². The minimum atomic E-state index is 0.194. The van der Waals surface area contributed by atoms with Crippen LogP contribution < -0.4 is 10.1 Å². The van der Waals surface area contributed by atoms with Crippen molar-refractivity contribution in [2.24, 2.45) is 0 Å². The first-order valence-corrected chi connectivity index (χ1v) is 7.61. The fourth-order valence-electron chi connectivity index (χ4n) is 2.46. The van der Waals surface area contributed by atoms with Crippen LogP contribution in [-0.4, -0.2) is 6.10 Å². The Hall–Kier alpha value is -1.80. The van der Waals surface area contributed by atoms with Crippen molar-refractivity contribution in [1.82, 2.24) is 5.32 Å². The van der Waals surface area contributed by atoms with E-state index in [0.29, 0.717) is 6.04 Å². The van der Waals surface area contributed by atoms with Crippen molar-refractivity contribution in [3.63, 3.8) is 0 Å². The number of hydrogen-bond donors (Lipinski definition) is 1. The Bertz CT molecular complexity index is 577. The Kier molecular flexibility index (Phi) is 5.40. The third-order valence-corrected chi connectivity index (χ3v) is 3.59. The van der Waals surface area contributed by atoms with Crippen molar-refractivity contribution in [2.45, 2.75) is 46.4 Å². The molecule has 0 unspecified atom stereocenters. The fourth-order valence-corrected chi connectivity index (χ4v) is 2.46. The number of rotatable bonds is 6. The average molecular weight is 283 g/mol. The minimum Gasteiger partial charge on any atom is -0.491 e. The van der Waals surface area contributed by atoms with Gasteiger partial charge in [-0.05, 0) is 44.9 Å². The highest BCUT2D eigenvalue weighted by atomic mass is 16.5. The number of para-hydroxylation sites is 1. The zero-order valence-corrected chi connectivity index (χ0v) is 13.4. The van der Waals surface area contributed by atoms with Gasteiger partial charge in [0.25, 0.3) is 0 Å². The molecule has 0 saturated heterocycles. The maximum Gasteiger partial charge on any atom is 0.124 e. The molecule has 1 atom stereocenters. The molecule has 0 bridgehead atoms. The highest BCUT2D eigenvalue weighted by molar-refractivity contribution is 5.34. The Morgan fingerprint density at radius 2 is 1.62 bits per heavy atom. The van der Waals surface area contributed by atoms with E-state index in [9.17, 15) is 0 Å². The lowest BCUT2D eigenvalue weighted by atomic mass is 10.0. The number of ether oxygens (including phenoxy) is 1. The van der Waals surface area contributed by atoms with Crippen molar-refractivity contribution in [2.75, 3.05) is 0 Å². The molecular weight excluding hydrogens is 258 g/mol. The molecule has 0 saturated carbocycles. The van der Waals surface area contributed by atoms with Crippen LogP contribution in [-0.2, 0) is 6.54 Å². The molecule has 0 radical (unpaired) electrons. The number of nitrogens with one attached hydrogen (secondary N) is 1. The lowest BCUT2D eigenvalue weighted by Crippen LogP contribution is -2.19. The Morgan fingerprint density at radius 1 is 0.952 bits per heavy atom. The molecule has 2 aromatic carbocycles. The fraction of sp³-hybridized carbons (Fsp3) is 0.368. The highest BCUT2D eigenvalue weighted by Crippen LogP contribution is 2.22. The molecule has 0 fully saturated rings. The second-order valence-electron chi connectivity index (χ2n) is 5.73. The normalized spacial score (nSPS) is 12.4. The number of aryl methyl sites for hydroxylation is 1. The van der Waals surface area contributed by atoms with E-state index in [1.54, 1.807) is 0 Å². The van der Waals surface area contributed by atoms with E-state index in [1.807, 2.05) is 12.1 Å². The Balaban J connectivity index is 2.05. The molecule has 2 rings (SSSR count). The van der Waals surface area contributed by atoms with E-state index in [-0.39, 0.29) is 6.10 Å². The van der Waals surface area contributed by atoms with Gasteiger partial charge >= 0.3 is 0 Å². The summed E-state index contributed by atoms with van der Waals surface area (Å²) in [5, 5.41) is 3.59. The molecule has 0 amide bonds. The van der Waals surface area contributed by atoms with Crippen LogP contribution in [0.25, 0.3) is 0 Å². The van der Waals surface area contributed by atoms with Crippen molar-refractivity contribution in [3.05, 3.63) is 65.2 Å². The van der Waals surface area contributed by atoms with Gasteiger partial charge in [0, 0.05) is 18.2 Å². The van der Waals surface area contributed by atoms with Crippen molar-refractivity contribution in [1.29, 1.82) is 0 Å². The van der Waals surface area contributed by atoms with Gasteiger partial charge in [0.15, 0.2) is 0 Å². The lowest BCUT2D eigenvalue weighted by molar-refractivity contribution is 0.239. The number of hydrogen-bond acceptors (Lipinski definition) is 2. The molecule has 0 heterocycles. The molecule has 0 aliphatic heterocycles. The van der Waals surface area contributed by atoms with E-state index in [0.717, 1.165) is 12.3 Å². The van der Waals surface area contributed by atoms with Gasteiger partial charge in [0.2, 0.25) is 0 Å². The van der Waals surface area contributed by atoms with Gasteiger partial charge in [-0.1, -0.05) is 42.5 Å². The molecule has 0 aliphatic rings. The summed E-state index contributed by atoms with van der Waals surface area (Å²) >= 11 is 0. The van der Waals surface area contributed by atoms with Crippen LogP contribution in [0.15, 0.2) is 48.5 Å². The van der Waals surface area contributed by atoms with E-state index in [1.165, 1.54) is 16.7 Å². The minimum absolute atomic E-state index is 0.194. The zero-order valence-electron chi connectivity index (χ0n) is 13.4. The molecule has 2 heteroatoms. The standard InChI is InChI=1S/C19H25NO/c1-14(2)21-19-12-8-6-10-17(19)13-20-16(4)18-11-7-5-9-15(18)3/h5-12,14,16,20H,13H2,1-4H3/t16-/m1/s1. The predicted octanol–water partition coefficient (Wildman–Crippen LogP) is 4.63. The Labute approximate surface area is 128 Å². The van der Waals surface area contributed by atoms with E-state index < -0.39 is 0 Å². The lowest BCUT2D eigenvalue weighted by Gasteiger charge is -2.19. The van der Waals surface area contributed by atoms with E-state index in [2.05, 4.69) is 69.4 Å². The summed E-state index contributed by atoms with van der Waals surface area (Å²) < 4.78 is 5.87. The summed E-state index contributed by atoms with van der Waals surface area (Å²) in [6.07, 6.45) is 0.194. The topological polar surface area (TPSA) is 21.3 Å². The first-order valence-electron chi connectivity index (χ1n) is 7.61. The van der Waals surface area contributed by atoms with Crippen molar-refractivity contribution >= 4 is 0 Å². The first kappa shape index (κ1) is 15.6.